The molecule has 1 N–H and O–H groups in total. The Bertz CT molecular complexity index is 731. The van der Waals surface area contributed by atoms with E-state index < -0.39 is 0 Å². The van der Waals surface area contributed by atoms with E-state index >= 15 is 0 Å². The Morgan fingerprint density at radius 2 is 2.10 bits per heavy atom. The highest BCUT2D eigenvalue weighted by molar-refractivity contribution is 6.03. The van der Waals surface area contributed by atoms with Gasteiger partial charge in [0, 0.05) is 5.69 Å². The van der Waals surface area contributed by atoms with Crippen molar-refractivity contribution in [1.82, 2.24) is 0 Å². The summed E-state index contributed by atoms with van der Waals surface area (Å²) in [5, 5.41) is 11.9. The van der Waals surface area contributed by atoms with Gasteiger partial charge in [-0.15, -0.1) is 0 Å². The number of benzene rings is 2. The fourth-order valence-corrected chi connectivity index (χ4v) is 2.37. The number of hydrogen-bond acceptors (Lipinski definition) is 3. The van der Waals surface area contributed by atoms with Crippen molar-refractivity contribution < 1.29 is 4.79 Å². The van der Waals surface area contributed by atoms with Crippen LogP contribution in [0.15, 0.2) is 42.5 Å². The molecular formula is C16H13N3O. The molecule has 0 spiro atoms. The molecule has 1 heterocycles. The summed E-state index contributed by atoms with van der Waals surface area (Å²) in [4.78, 5) is 13.8. The molecule has 4 heteroatoms. The minimum atomic E-state index is -0.0521. The molecule has 0 unspecified atom stereocenters. The van der Waals surface area contributed by atoms with Gasteiger partial charge in [0.05, 0.1) is 23.0 Å². The SMILES string of the molecule is Cc1cccc(N2CC(=O)Nc3ccc(C#N)cc32)c1. The molecule has 1 aliphatic heterocycles. The number of hydrogen-bond donors (Lipinski definition) is 1. The zero-order valence-corrected chi connectivity index (χ0v) is 11.1. The zero-order chi connectivity index (χ0) is 14.1. The molecular weight excluding hydrogens is 250 g/mol. The van der Waals surface area contributed by atoms with Crippen LogP contribution in [-0.4, -0.2) is 12.5 Å². The predicted molar refractivity (Wildman–Crippen MR) is 78.0 cm³/mol. The first kappa shape index (κ1) is 12.2. The molecule has 98 valence electrons. The van der Waals surface area contributed by atoms with Gasteiger partial charge in [-0.1, -0.05) is 12.1 Å². The minimum absolute atomic E-state index is 0.0521. The van der Waals surface area contributed by atoms with Crippen molar-refractivity contribution >= 4 is 23.0 Å². The maximum absolute atomic E-state index is 11.8. The smallest absolute Gasteiger partial charge is 0.244 e. The molecule has 0 atom stereocenters. The van der Waals surface area contributed by atoms with Gasteiger partial charge in [0.1, 0.15) is 6.54 Å². The fourth-order valence-electron chi connectivity index (χ4n) is 2.37. The topological polar surface area (TPSA) is 56.1 Å². The number of amides is 1. The van der Waals surface area contributed by atoms with Crippen LogP contribution in [0.25, 0.3) is 0 Å². The van der Waals surface area contributed by atoms with Crippen molar-refractivity contribution in [1.29, 1.82) is 5.26 Å². The standard InChI is InChI=1S/C16H13N3O/c1-11-3-2-4-13(7-11)19-10-16(20)18-14-6-5-12(9-17)8-15(14)19/h2-8H,10H2,1H3,(H,18,20). The average Bonchev–Trinajstić information content (AvgIpc) is 2.46. The second-order valence-electron chi connectivity index (χ2n) is 4.82. The summed E-state index contributed by atoms with van der Waals surface area (Å²) in [5.41, 5.74) is 4.26. The molecule has 0 aromatic heterocycles. The van der Waals surface area contributed by atoms with Gasteiger partial charge in [-0.3, -0.25) is 4.79 Å². The molecule has 2 aromatic carbocycles. The highest BCUT2D eigenvalue weighted by Crippen LogP contribution is 2.35. The van der Waals surface area contributed by atoms with Gasteiger partial charge in [0.15, 0.2) is 0 Å². The summed E-state index contributed by atoms with van der Waals surface area (Å²) in [5.74, 6) is -0.0521. The van der Waals surface area contributed by atoms with Crippen LogP contribution >= 0.6 is 0 Å². The van der Waals surface area contributed by atoms with Crippen molar-refractivity contribution in [3.05, 3.63) is 53.6 Å². The maximum Gasteiger partial charge on any atom is 0.244 e. The van der Waals surface area contributed by atoms with Crippen LogP contribution in [0.2, 0.25) is 0 Å². The van der Waals surface area contributed by atoms with E-state index in [0.717, 1.165) is 22.6 Å². The zero-order valence-electron chi connectivity index (χ0n) is 11.1. The largest absolute Gasteiger partial charge is 0.330 e. The van der Waals surface area contributed by atoms with Crippen molar-refractivity contribution in [2.45, 2.75) is 6.92 Å². The van der Waals surface area contributed by atoms with Gasteiger partial charge in [-0.25, -0.2) is 0 Å². The highest BCUT2D eigenvalue weighted by atomic mass is 16.2. The van der Waals surface area contributed by atoms with E-state index in [4.69, 9.17) is 5.26 Å². The molecule has 0 saturated heterocycles. The Balaban J connectivity index is 2.14. The first-order chi connectivity index (χ1) is 9.67. The van der Waals surface area contributed by atoms with E-state index in [2.05, 4.69) is 11.4 Å². The number of carbonyl (C=O) groups excluding carboxylic acids is 1. The first-order valence-corrected chi connectivity index (χ1v) is 6.35. The number of rotatable bonds is 1. The third kappa shape index (κ3) is 2.10. The predicted octanol–water partition coefficient (Wildman–Crippen LogP) is 2.96. The molecule has 0 bridgehead atoms. The summed E-state index contributed by atoms with van der Waals surface area (Å²) in [6, 6.07) is 15.4. The van der Waals surface area contributed by atoms with Gasteiger partial charge in [-0.2, -0.15) is 5.26 Å². The van der Waals surface area contributed by atoms with Gasteiger partial charge >= 0.3 is 0 Å². The molecule has 0 fully saturated rings. The van der Waals surface area contributed by atoms with Crippen LogP contribution in [0, 0.1) is 18.3 Å². The Morgan fingerprint density at radius 1 is 1.25 bits per heavy atom. The number of aryl methyl sites for hydroxylation is 1. The Morgan fingerprint density at radius 3 is 2.85 bits per heavy atom. The lowest BCUT2D eigenvalue weighted by Gasteiger charge is -2.31. The molecule has 20 heavy (non-hydrogen) atoms. The summed E-state index contributed by atoms with van der Waals surface area (Å²) < 4.78 is 0. The van der Waals surface area contributed by atoms with Crippen LogP contribution in [0.4, 0.5) is 17.1 Å². The second-order valence-corrected chi connectivity index (χ2v) is 4.82. The van der Waals surface area contributed by atoms with E-state index in [1.807, 2.05) is 36.1 Å². The molecule has 3 rings (SSSR count). The van der Waals surface area contributed by atoms with Crippen molar-refractivity contribution in [3.63, 3.8) is 0 Å². The summed E-state index contributed by atoms with van der Waals surface area (Å²) in [7, 11) is 0. The van der Waals surface area contributed by atoms with E-state index in [0.29, 0.717) is 5.56 Å². The Hall–Kier alpha value is -2.80. The number of carbonyl (C=O) groups is 1. The number of nitriles is 1. The Labute approximate surface area is 117 Å². The van der Waals surface area contributed by atoms with Gasteiger partial charge in [0.2, 0.25) is 5.91 Å². The number of nitrogens with one attached hydrogen (secondary N) is 1. The minimum Gasteiger partial charge on any atom is -0.330 e. The summed E-state index contributed by atoms with van der Waals surface area (Å²) >= 11 is 0. The van der Waals surface area contributed by atoms with Crippen LogP contribution in [0.3, 0.4) is 0 Å². The molecule has 1 aliphatic rings. The van der Waals surface area contributed by atoms with Gasteiger partial charge in [0.25, 0.3) is 0 Å². The fraction of sp³-hybridized carbons (Fsp3) is 0.125. The number of fused-ring (bicyclic) bond motifs is 1. The Kier molecular flexibility index (Phi) is 2.88. The van der Waals surface area contributed by atoms with Crippen LogP contribution < -0.4 is 10.2 Å². The van der Waals surface area contributed by atoms with E-state index in [-0.39, 0.29) is 12.5 Å². The van der Waals surface area contributed by atoms with Crippen molar-refractivity contribution in [2.24, 2.45) is 0 Å². The van der Waals surface area contributed by atoms with E-state index in [1.54, 1.807) is 18.2 Å². The summed E-state index contributed by atoms with van der Waals surface area (Å²) in [6.07, 6.45) is 0. The quantitative estimate of drug-likeness (QED) is 0.860. The number of nitrogens with zero attached hydrogens (tertiary/aromatic N) is 2. The lowest BCUT2D eigenvalue weighted by Crippen LogP contribution is -2.35. The normalized spacial score (nSPS) is 13.4. The molecule has 1 amide bonds. The highest BCUT2D eigenvalue weighted by Gasteiger charge is 2.23. The third-order valence-electron chi connectivity index (χ3n) is 3.31. The molecule has 4 nitrogen and oxygen atoms in total. The summed E-state index contributed by atoms with van der Waals surface area (Å²) in [6.45, 7) is 2.27. The van der Waals surface area contributed by atoms with Gasteiger partial charge in [-0.05, 0) is 42.8 Å². The third-order valence-corrected chi connectivity index (χ3v) is 3.31. The molecule has 0 saturated carbocycles. The number of anilines is 3. The lowest BCUT2D eigenvalue weighted by molar-refractivity contribution is -0.115. The monoisotopic (exact) mass is 263 g/mol. The second kappa shape index (κ2) is 4.71. The van der Waals surface area contributed by atoms with E-state index in [1.165, 1.54) is 0 Å². The van der Waals surface area contributed by atoms with E-state index in [9.17, 15) is 4.79 Å². The molecule has 2 aromatic rings. The first-order valence-electron chi connectivity index (χ1n) is 6.35. The van der Waals surface area contributed by atoms with Gasteiger partial charge < -0.3 is 10.2 Å². The maximum atomic E-state index is 11.8. The average molecular weight is 263 g/mol. The molecule has 0 aliphatic carbocycles. The van der Waals surface area contributed by atoms with Crippen LogP contribution in [0.5, 0.6) is 0 Å². The molecule has 0 radical (unpaired) electrons. The van der Waals surface area contributed by atoms with Crippen molar-refractivity contribution in [3.8, 4) is 6.07 Å². The van der Waals surface area contributed by atoms with Crippen LogP contribution in [-0.2, 0) is 4.79 Å². The van der Waals surface area contributed by atoms with Crippen molar-refractivity contribution in [2.75, 3.05) is 16.8 Å². The van der Waals surface area contributed by atoms with Crippen LogP contribution in [0.1, 0.15) is 11.1 Å². The lowest BCUT2D eigenvalue weighted by atomic mass is 10.1.